The lowest BCUT2D eigenvalue weighted by atomic mass is 9.93. The Bertz CT molecular complexity index is 1090. The molecule has 0 saturated heterocycles. The van der Waals surface area contributed by atoms with E-state index in [1.165, 1.54) is 31.2 Å². The minimum atomic E-state index is -1.31. The molecule has 2 aromatic rings. The molecule has 10 heteroatoms. The highest BCUT2D eigenvalue weighted by atomic mass is 35.5. The summed E-state index contributed by atoms with van der Waals surface area (Å²) in [5.41, 5.74) is 0.597. The van der Waals surface area contributed by atoms with E-state index in [9.17, 15) is 19.1 Å². The predicted molar refractivity (Wildman–Crippen MR) is 137 cm³/mol. The Hall–Kier alpha value is -3.07. The van der Waals surface area contributed by atoms with Crippen molar-refractivity contribution in [2.75, 3.05) is 22.1 Å². The molecule has 196 valence electrons. The largest absolute Gasteiger partial charge is 0.479 e. The lowest BCUT2D eigenvalue weighted by Gasteiger charge is -2.38. The molecule has 0 aliphatic heterocycles. The van der Waals surface area contributed by atoms with Crippen LogP contribution >= 0.6 is 11.6 Å². The van der Waals surface area contributed by atoms with E-state index in [2.05, 4.69) is 29.4 Å². The Balaban J connectivity index is 1.99. The number of halogens is 3. The van der Waals surface area contributed by atoms with Crippen LogP contribution < -0.4 is 20.3 Å². The molecule has 1 saturated carbocycles. The smallest absolute Gasteiger partial charge is 0.344 e. The molecule has 1 fully saturated rings. The monoisotopic (exact) mass is 523 g/mol. The first kappa shape index (κ1) is 27.5. The third kappa shape index (κ3) is 7.22. The first-order chi connectivity index (χ1) is 17.0. The van der Waals surface area contributed by atoms with E-state index >= 15 is 4.39 Å². The maximum absolute atomic E-state index is 15.2. The van der Waals surface area contributed by atoms with E-state index in [1.54, 1.807) is 0 Å². The molecule has 0 bridgehead atoms. The summed E-state index contributed by atoms with van der Waals surface area (Å²) in [6.07, 6.45) is 3.81. The Morgan fingerprint density at radius 2 is 1.72 bits per heavy atom. The Kier molecular flexibility index (Phi) is 9.37. The van der Waals surface area contributed by atoms with Crippen LogP contribution in [0, 0.1) is 17.6 Å². The number of carboxylic acid groups (broad SMARTS) is 1. The van der Waals surface area contributed by atoms with Crippen LogP contribution in [0.1, 0.15) is 52.9 Å². The van der Waals surface area contributed by atoms with Crippen LogP contribution in [0.15, 0.2) is 30.3 Å². The Morgan fingerprint density at radius 3 is 2.33 bits per heavy atom. The van der Waals surface area contributed by atoms with Crippen molar-refractivity contribution < 1.29 is 28.2 Å². The molecule has 2 amide bonds. The quantitative estimate of drug-likeness (QED) is 0.332. The van der Waals surface area contributed by atoms with E-state index < -0.39 is 29.7 Å². The molecule has 3 rings (SSSR count). The van der Waals surface area contributed by atoms with Gasteiger partial charge in [0.1, 0.15) is 5.82 Å². The van der Waals surface area contributed by atoms with E-state index in [0.717, 1.165) is 38.2 Å². The number of aliphatic carboxylic acids is 1. The summed E-state index contributed by atoms with van der Waals surface area (Å²) >= 11 is 5.79. The number of ether oxygens (including phenoxy) is 1. The molecule has 7 nitrogen and oxygen atoms in total. The number of nitrogens with one attached hydrogen (secondary N) is 2. The zero-order valence-corrected chi connectivity index (χ0v) is 21.4. The van der Waals surface area contributed by atoms with Crippen molar-refractivity contribution in [3.8, 4) is 5.75 Å². The highest BCUT2D eigenvalue weighted by molar-refractivity contribution is 6.30. The number of hydrogen-bond donors (Lipinski definition) is 3. The van der Waals surface area contributed by atoms with Crippen LogP contribution in [0.25, 0.3) is 0 Å². The molecule has 1 atom stereocenters. The molecule has 1 aliphatic carbocycles. The van der Waals surface area contributed by atoms with E-state index in [4.69, 9.17) is 16.3 Å². The normalized spacial score (nSPS) is 14.9. The molecule has 1 aliphatic rings. The van der Waals surface area contributed by atoms with Gasteiger partial charge in [0.15, 0.2) is 17.7 Å². The zero-order valence-electron chi connectivity index (χ0n) is 20.6. The molecular formula is C26H32ClF2N3O4. The molecule has 3 N–H and O–H groups in total. The summed E-state index contributed by atoms with van der Waals surface area (Å²) in [5.74, 6) is -2.76. The number of carbonyl (C=O) groups excluding carboxylic acids is 1. The lowest BCUT2D eigenvalue weighted by Crippen LogP contribution is -2.40. The lowest BCUT2D eigenvalue weighted by molar-refractivity contribution is -0.144. The summed E-state index contributed by atoms with van der Waals surface area (Å²) < 4.78 is 34.7. The van der Waals surface area contributed by atoms with Gasteiger partial charge in [-0.3, -0.25) is 0 Å². The van der Waals surface area contributed by atoms with Crippen molar-refractivity contribution >= 4 is 40.7 Å². The number of carboxylic acids is 1. The molecule has 0 spiro atoms. The molecular weight excluding hydrogens is 492 g/mol. The second kappa shape index (κ2) is 12.3. The molecule has 0 aromatic heterocycles. The summed E-state index contributed by atoms with van der Waals surface area (Å²) in [6.45, 7) is 6.02. The van der Waals surface area contributed by atoms with Gasteiger partial charge in [0.05, 0.1) is 17.1 Å². The van der Waals surface area contributed by atoms with Crippen LogP contribution in [0.5, 0.6) is 5.75 Å². The van der Waals surface area contributed by atoms with Crippen molar-refractivity contribution in [2.24, 2.45) is 5.92 Å². The maximum Gasteiger partial charge on any atom is 0.344 e. The number of hydrogen-bond acceptors (Lipinski definition) is 4. The zero-order chi connectivity index (χ0) is 26.4. The van der Waals surface area contributed by atoms with Crippen LogP contribution in [-0.4, -0.2) is 35.8 Å². The highest BCUT2D eigenvalue weighted by Crippen LogP contribution is 2.38. The van der Waals surface area contributed by atoms with Gasteiger partial charge in [-0.1, -0.05) is 44.7 Å². The first-order valence-electron chi connectivity index (χ1n) is 12.1. The topological polar surface area (TPSA) is 90.9 Å². The minimum absolute atomic E-state index is 0.0807. The number of rotatable bonds is 9. The molecule has 0 radical (unpaired) electrons. The van der Waals surface area contributed by atoms with Crippen molar-refractivity contribution in [3.63, 3.8) is 0 Å². The van der Waals surface area contributed by atoms with Gasteiger partial charge >= 0.3 is 12.0 Å². The van der Waals surface area contributed by atoms with Crippen molar-refractivity contribution in [3.05, 3.63) is 47.0 Å². The second-order valence-corrected chi connectivity index (χ2v) is 9.88. The SMILES string of the molecule is CC(C)CN(c1cc(F)c(OC(C)C(=O)O)cc1NC(=O)Nc1ccc(Cl)cc1F)C1CCCCC1. The predicted octanol–water partition coefficient (Wildman–Crippen LogP) is 6.91. The standard InChI is InChI=1S/C26H32ClF2N3O4/c1-15(2)14-32(18-7-5-4-6-8-18)23-12-20(29)24(36-16(3)25(33)34)13-22(23)31-26(35)30-21-10-9-17(27)11-19(21)28/h9-13,15-16,18H,4-8,14H2,1-3H3,(H,33,34)(H2,30,31,35). The first-order valence-corrected chi connectivity index (χ1v) is 12.5. The van der Waals surface area contributed by atoms with E-state index in [-0.39, 0.29) is 34.1 Å². The fraction of sp³-hybridized carbons (Fsp3) is 0.462. The van der Waals surface area contributed by atoms with Crippen LogP contribution in [0.2, 0.25) is 5.02 Å². The van der Waals surface area contributed by atoms with Crippen LogP contribution in [-0.2, 0) is 4.79 Å². The third-order valence-corrected chi connectivity index (χ3v) is 6.25. The van der Waals surface area contributed by atoms with Gasteiger partial charge in [-0.25, -0.2) is 18.4 Å². The third-order valence-electron chi connectivity index (χ3n) is 6.02. The average molecular weight is 524 g/mol. The number of amides is 2. The van der Waals surface area contributed by atoms with Gasteiger partial charge in [-0.15, -0.1) is 0 Å². The summed E-state index contributed by atoms with van der Waals surface area (Å²) in [5, 5.41) is 14.5. The summed E-state index contributed by atoms with van der Waals surface area (Å²) in [4.78, 5) is 26.2. The second-order valence-electron chi connectivity index (χ2n) is 9.44. The molecule has 1 unspecified atom stereocenters. The van der Waals surface area contributed by atoms with Crippen LogP contribution in [0.3, 0.4) is 0 Å². The van der Waals surface area contributed by atoms with Gasteiger partial charge < -0.3 is 25.4 Å². The van der Waals surface area contributed by atoms with Gasteiger partial charge in [0.2, 0.25) is 0 Å². The average Bonchev–Trinajstić information content (AvgIpc) is 2.81. The van der Waals surface area contributed by atoms with E-state index in [1.807, 2.05) is 0 Å². The Labute approximate surface area is 214 Å². The van der Waals surface area contributed by atoms with Gasteiger partial charge in [-0.05, 0) is 43.9 Å². The minimum Gasteiger partial charge on any atom is -0.479 e. The molecule has 36 heavy (non-hydrogen) atoms. The Morgan fingerprint density at radius 1 is 1.06 bits per heavy atom. The van der Waals surface area contributed by atoms with Crippen molar-refractivity contribution in [2.45, 2.75) is 65.0 Å². The highest BCUT2D eigenvalue weighted by Gasteiger charge is 2.27. The van der Waals surface area contributed by atoms with Gasteiger partial charge in [0.25, 0.3) is 0 Å². The summed E-state index contributed by atoms with van der Waals surface area (Å²) in [6, 6.07) is 5.79. The van der Waals surface area contributed by atoms with Crippen LogP contribution in [0.4, 0.5) is 30.6 Å². The van der Waals surface area contributed by atoms with Gasteiger partial charge in [-0.2, -0.15) is 0 Å². The number of nitrogens with zero attached hydrogens (tertiary/aromatic N) is 1. The van der Waals surface area contributed by atoms with Gasteiger partial charge in [0, 0.05) is 29.7 Å². The number of benzene rings is 2. The molecule has 0 heterocycles. The van der Waals surface area contributed by atoms with Crippen molar-refractivity contribution in [1.29, 1.82) is 0 Å². The fourth-order valence-corrected chi connectivity index (χ4v) is 4.47. The number of anilines is 3. The molecule has 2 aromatic carbocycles. The van der Waals surface area contributed by atoms with E-state index in [0.29, 0.717) is 12.2 Å². The maximum atomic E-state index is 15.2. The number of carbonyl (C=O) groups is 2. The fourth-order valence-electron chi connectivity index (χ4n) is 4.31. The number of urea groups is 1. The van der Waals surface area contributed by atoms with Crippen molar-refractivity contribution in [1.82, 2.24) is 0 Å². The summed E-state index contributed by atoms with van der Waals surface area (Å²) in [7, 11) is 0.